The first-order valence-electron chi connectivity index (χ1n) is 10.7. The van der Waals surface area contributed by atoms with E-state index in [0.717, 1.165) is 26.7 Å². The SMILES string of the molecule is CCn1c(=O)n(CC)c2cc(N=Cc3c(O)n(-c4ccc(C)cc4C)c(=O)[nH]c3=O)ccc21. The first-order valence-corrected chi connectivity index (χ1v) is 10.7. The molecule has 0 bridgehead atoms. The van der Waals surface area contributed by atoms with E-state index < -0.39 is 17.1 Å². The van der Waals surface area contributed by atoms with Crippen LogP contribution < -0.4 is 16.9 Å². The molecule has 0 radical (unpaired) electrons. The van der Waals surface area contributed by atoms with Crippen molar-refractivity contribution in [3.05, 3.63) is 84.4 Å². The topological polar surface area (TPSA) is 114 Å². The number of nitrogens with one attached hydrogen (secondary N) is 1. The molecule has 0 fully saturated rings. The van der Waals surface area contributed by atoms with Crippen molar-refractivity contribution in [1.82, 2.24) is 18.7 Å². The molecule has 0 unspecified atom stereocenters. The zero-order valence-corrected chi connectivity index (χ0v) is 18.9. The summed E-state index contributed by atoms with van der Waals surface area (Å²) in [6.07, 6.45) is 1.22. The standard InChI is InChI=1S/C24H25N5O4/c1-5-27-19-10-8-16(12-20(19)28(6-2)24(27)33)25-13-17-21(30)26-23(32)29(22(17)31)18-9-7-14(3)11-15(18)4/h7-13,31H,5-6H2,1-4H3,(H,26,30,32). The van der Waals surface area contributed by atoms with E-state index >= 15 is 0 Å². The molecule has 2 aromatic heterocycles. The number of benzene rings is 2. The number of rotatable bonds is 5. The summed E-state index contributed by atoms with van der Waals surface area (Å²) in [5.74, 6) is -0.497. The second-order valence-corrected chi connectivity index (χ2v) is 7.82. The molecule has 0 aliphatic carbocycles. The van der Waals surface area contributed by atoms with Gasteiger partial charge in [-0.05, 0) is 57.5 Å². The van der Waals surface area contributed by atoms with Crippen LogP contribution in [-0.2, 0) is 13.1 Å². The van der Waals surface area contributed by atoms with Crippen LogP contribution in [0.3, 0.4) is 0 Å². The number of fused-ring (bicyclic) bond motifs is 1. The number of hydrogen-bond acceptors (Lipinski definition) is 5. The first-order chi connectivity index (χ1) is 15.8. The van der Waals surface area contributed by atoms with Gasteiger partial charge in [0, 0.05) is 19.3 Å². The molecule has 33 heavy (non-hydrogen) atoms. The Labute approximate surface area is 188 Å². The number of imidazole rings is 1. The Balaban J connectivity index is 1.84. The molecule has 0 saturated heterocycles. The highest BCUT2D eigenvalue weighted by atomic mass is 16.3. The van der Waals surface area contributed by atoms with Crippen LogP contribution in [0.4, 0.5) is 5.69 Å². The van der Waals surface area contributed by atoms with E-state index in [2.05, 4.69) is 9.98 Å². The molecule has 2 N–H and O–H groups in total. The second-order valence-electron chi connectivity index (χ2n) is 7.82. The van der Waals surface area contributed by atoms with Crippen molar-refractivity contribution in [2.45, 2.75) is 40.8 Å². The Morgan fingerprint density at radius 1 is 0.970 bits per heavy atom. The summed E-state index contributed by atoms with van der Waals surface area (Å²) >= 11 is 0. The average molecular weight is 447 g/mol. The summed E-state index contributed by atoms with van der Waals surface area (Å²) in [7, 11) is 0. The minimum Gasteiger partial charge on any atom is -0.493 e. The number of aromatic nitrogens is 4. The fraction of sp³-hybridized carbons (Fsp3) is 0.250. The van der Waals surface area contributed by atoms with E-state index in [4.69, 9.17) is 0 Å². The Hall–Kier alpha value is -4.14. The largest absolute Gasteiger partial charge is 0.493 e. The minimum absolute atomic E-state index is 0.0919. The van der Waals surface area contributed by atoms with E-state index in [1.807, 2.05) is 39.8 Å². The van der Waals surface area contributed by atoms with Crippen molar-refractivity contribution >= 4 is 22.9 Å². The van der Waals surface area contributed by atoms with Gasteiger partial charge < -0.3 is 5.11 Å². The lowest BCUT2D eigenvalue weighted by atomic mass is 10.1. The van der Waals surface area contributed by atoms with Crippen molar-refractivity contribution in [1.29, 1.82) is 0 Å². The smallest absolute Gasteiger partial charge is 0.335 e. The van der Waals surface area contributed by atoms with E-state index in [0.29, 0.717) is 24.5 Å². The molecular formula is C24H25N5O4. The molecule has 9 heteroatoms. The zero-order valence-electron chi connectivity index (χ0n) is 18.9. The summed E-state index contributed by atoms with van der Waals surface area (Å²) in [4.78, 5) is 44.1. The van der Waals surface area contributed by atoms with E-state index in [-0.39, 0.29) is 11.3 Å². The van der Waals surface area contributed by atoms with Gasteiger partial charge in [-0.25, -0.2) is 14.2 Å². The van der Waals surface area contributed by atoms with Gasteiger partial charge in [0.15, 0.2) is 0 Å². The van der Waals surface area contributed by atoms with Gasteiger partial charge >= 0.3 is 11.4 Å². The average Bonchev–Trinajstić information content (AvgIpc) is 3.04. The third kappa shape index (κ3) is 3.71. The highest BCUT2D eigenvalue weighted by Crippen LogP contribution is 2.23. The molecule has 2 heterocycles. The van der Waals surface area contributed by atoms with Gasteiger partial charge in [0.25, 0.3) is 5.56 Å². The van der Waals surface area contributed by atoms with Crippen LogP contribution in [0.2, 0.25) is 0 Å². The molecule has 170 valence electrons. The van der Waals surface area contributed by atoms with Crippen molar-refractivity contribution in [3.63, 3.8) is 0 Å². The van der Waals surface area contributed by atoms with E-state index in [1.165, 1.54) is 6.21 Å². The quantitative estimate of drug-likeness (QED) is 0.458. The summed E-state index contributed by atoms with van der Waals surface area (Å²) in [6, 6.07) is 10.7. The Kier molecular flexibility index (Phi) is 5.63. The molecule has 4 rings (SSSR count). The van der Waals surface area contributed by atoms with Crippen LogP contribution in [0.1, 0.15) is 30.5 Å². The van der Waals surface area contributed by atoms with E-state index in [9.17, 15) is 19.5 Å². The number of aromatic hydroxyl groups is 1. The number of H-pyrrole nitrogens is 1. The third-order valence-electron chi connectivity index (χ3n) is 5.69. The number of hydrogen-bond donors (Lipinski definition) is 2. The summed E-state index contributed by atoms with van der Waals surface area (Å²) in [6.45, 7) is 8.61. The molecule has 0 atom stereocenters. The van der Waals surface area contributed by atoms with Crippen LogP contribution in [0.25, 0.3) is 16.7 Å². The molecular weight excluding hydrogens is 422 g/mol. The maximum Gasteiger partial charge on any atom is 0.335 e. The first kappa shape index (κ1) is 22.1. The summed E-state index contributed by atoms with van der Waals surface area (Å²) < 4.78 is 4.39. The number of nitrogens with zero attached hydrogens (tertiary/aromatic N) is 4. The Bertz CT molecular complexity index is 1580. The van der Waals surface area contributed by atoms with Crippen LogP contribution in [-0.4, -0.2) is 30.0 Å². The number of aromatic amines is 1. The Morgan fingerprint density at radius 2 is 1.67 bits per heavy atom. The normalized spacial score (nSPS) is 11.6. The lowest BCUT2D eigenvalue weighted by Crippen LogP contribution is -2.31. The number of aliphatic imine (C=N–C) groups is 1. The van der Waals surface area contributed by atoms with Crippen LogP contribution >= 0.6 is 0 Å². The fourth-order valence-corrected chi connectivity index (χ4v) is 4.07. The van der Waals surface area contributed by atoms with Crippen molar-refractivity contribution in [2.75, 3.05) is 0 Å². The van der Waals surface area contributed by atoms with E-state index in [1.54, 1.807) is 33.4 Å². The predicted octanol–water partition coefficient (Wildman–Crippen LogP) is 2.76. The monoisotopic (exact) mass is 447 g/mol. The van der Waals surface area contributed by atoms with Crippen molar-refractivity contribution in [2.24, 2.45) is 4.99 Å². The van der Waals surface area contributed by atoms with Gasteiger partial charge in [-0.3, -0.25) is 23.9 Å². The van der Waals surface area contributed by atoms with Crippen LogP contribution in [0.5, 0.6) is 5.88 Å². The van der Waals surface area contributed by atoms with Crippen LogP contribution in [0.15, 0.2) is 55.8 Å². The van der Waals surface area contributed by atoms with Gasteiger partial charge in [0.2, 0.25) is 5.88 Å². The minimum atomic E-state index is -0.744. The second kappa shape index (κ2) is 8.42. The van der Waals surface area contributed by atoms with Gasteiger partial charge in [-0.15, -0.1) is 0 Å². The van der Waals surface area contributed by atoms with Crippen LogP contribution in [0, 0.1) is 13.8 Å². The molecule has 0 aliphatic heterocycles. The fourth-order valence-electron chi connectivity index (χ4n) is 4.07. The third-order valence-corrected chi connectivity index (χ3v) is 5.69. The highest BCUT2D eigenvalue weighted by Gasteiger charge is 2.16. The lowest BCUT2D eigenvalue weighted by molar-refractivity contribution is 0.430. The summed E-state index contributed by atoms with van der Waals surface area (Å²) in [5, 5.41) is 10.8. The highest BCUT2D eigenvalue weighted by molar-refractivity contribution is 5.86. The van der Waals surface area contributed by atoms with Gasteiger partial charge in [-0.2, -0.15) is 0 Å². The molecule has 0 amide bonds. The molecule has 0 saturated carbocycles. The maximum atomic E-state index is 12.6. The Morgan fingerprint density at radius 3 is 2.33 bits per heavy atom. The van der Waals surface area contributed by atoms with Gasteiger partial charge in [-0.1, -0.05) is 17.7 Å². The van der Waals surface area contributed by atoms with Gasteiger partial charge in [0.1, 0.15) is 5.56 Å². The molecule has 4 aromatic rings. The maximum absolute atomic E-state index is 12.6. The lowest BCUT2D eigenvalue weighted by Gasteiger charge is -2.12. The number of aryl methyl sites for hydroxylation is 4. The molecule has 0 aliphatic rings. The van der Waals surface area contributed by atoms with Crippen molar-refractivity contribution < 1.29 is 5.11 Å². The zero-order chi connectivity index (χ0) is 23.9. The summed E-state index contributed by atoms with van der Waals surface area (Å²) in [5.41, 5.74) is 2.55. The predicted molar refractivity (Wildman–Crippen MR) is 129 cm³/mol. The van der Waals surface area contributed by atoms with Gasteiger partial charge in [0.05, 0.1) is 22.4 Å². The van der Waals surface area contributed by atoms with Crippen molar-refractivity contribution in [3.8, 4) is 11.6 Å². The molecule has 2 aromatic carbocycles. The molecule has 0 spiro atoms. The molecule has 9 nitrogen and oxygen atoms in total.